The number of aromatic nitrogens is 6. The van der Waals surface area contributed by atoms with Gasteiger partial charge in [-0.15, -0.1) is 0 Å². The van der Waals surface area contributed by atoms with E-state index in [4.69, 9.17) is 34.3 Å². The predicted molar refractivity (Wildman–Crippen MR) is 183 cm³/mol. The monoisotopic (exact) mass is 640 g/mol. The zero-order valence-electron chi connectivity index (χ0n) is 27.1. The number of rotatable bonds is 13. The summed E-state index contributed by atoms with van der Waals surface area (Å²) in [5.41, 5.74) is 5.26. The molecule has 0 N–H and O–H groups in total. The number of benzene rings is 2. The molecule has 2 aromatic carbocycles. The lowest BCUT2D eigenvalue weighted by Crippen LogP contribution is -2.38. The lowest BCUT2D eigenvalue weighted by molar-refractivity contribution is 0.0882. The van der Waals surface area contributed by atoms with Gasteiger partial charge < -0.3 is 28.6 Å². The zero-order valence-corrected chi connectivity index (χ0v) is 28.3. The second-order valence-corrected chi connectivity index (χ2v) is 16.1. The maximum atomic E-state index is 6.25. The van der Waals surface area contributed by atoms with Crippen LogP contribution in [0.5, 0.6) is 5.75 Å². The number of nitrogens with zero attached hydrogens (tertiary/aromatic N) is 8. The van der Waals surface area contributed by atoms with E-state index >= 15 is 0 Å². The van der Waals surface area contributed by atoms with E-state index in [9.17, 15) is 0 Å². The average molecular weight is 641 g/mol. The summed E-state index contributed by atoms with van der Waals surface area (Å²) in [6.07, 6.45) is 5.60. The summed E-state index contributed by atoms with van der Waals surface area (Å²) in [5, 5.41) is 4.92. The number of hydrogen-bond acceptors (Lipinski definition) is 9. The third-order valence-corrected chi connectivity index (χ3v) is 10.5. The SMILES string of the molecule is COc1ccc(CN(Cc2nc3ccccc3n2COCC[SiH](C)C)c2nc(N3CCOCC3)nc3c(C4CCC4)cnn23)cc1. The molecule has 0 bridgehead atoms. The number of imidazole rings is 1. The molecule has 1 aliphatic carbocycles. The predicted octanol–water partition coefficient (Wildman–Crippen LogP) is 5.25. The van der Waals surface area contributed by atoms with Gasteiger partial charge in [-0.2, -0.15) is 19.6 Å². The van der Waals surface area contributed by atoms with Gasteiger partial charge in [0.05, 0.1) is 44.1 Å². The molecule has 12 heteroatoms. The summed E-state index contributed by atoms with van der Waals surface area (Å²) >= 11 is 0. The first-order valence-electron chi connectivity index (χ1n) is 16.6. The summed E-state index contributed by atoms with van der Waals surface area (Å²) in [6.45, 7) is 9.89. The summed E-state index contributed by atoms with van der Waals surface area (Å²) in [4.78, 5) is 20.0. The molecule has 0 spiro atoms. The van der Waals surface area contributed by atoms with Gasteiger partial charge in [0, 0.05) is 40.6 Å². The molecular weight excluding hydrogens is 597 g/mol. The molecule has 242 valence electrons. The second-order valence-electron chi connectivity index (χ2n) is 12.8. The Morgan fingerprint density at radius 2 is 1.78 bits per heavy atom. The number of para-hydroxylation sites is 2. The van der Waals surface area contributed by atoms with Crippen molar-refractivity contribution in [3.05, 3.63) is 71.7 Å². The smallest absolute Gasteiger partial charge is 0.232 e. The molecule has 2 fully saturated rings. The lowest BCUT2D eigenvalue weighted by Gasteiger charge is -2.30. The van der Waals surface area contributed by atoms with E-state index in [0.717, 1.165) is 71.5 Å². The van der Waals surface area contributed by atoms with Crippen LogP contribution in [-0.2, 0) is 29.3 Å². The molecule has 4 heterocycles. The van der Waals surface area contributed by atoms with Crippen LogP contribution >= 0.6 is 0 Å². The third-order valence-electron chi connectivity index (χ3n) is 9.15. The number of anilines is 2. The van der Waals surface area contributed by atoms with Crippen molar-refractivity contribution in [2.75, 3.05) is 49.8 Å². The molecule has 7 rings (SSSR count). The fraction of sp³-hybridized carbons (Fsp3) is 0.471. The van der Waals surface area contributed by atoms with Crippen LogP contribution in [0.1, 0.15) is 42.1 Å². The molecule has 11 nitrogen and oxygen atoms in total. The lowest BCUT2D eigenvalue weighted by atomic mass is 9.81. The van der Waals surface area contributed by atoms with Gasteiger partial charge in [-0.25, -0.2) is 4.98 Å². The molecule has 2 aliphatic rings. The molecule has 46 heavy (non-hydrogen) atoms. The standard InChI is InChI=1S/C34H44N8O3Si/c1-43-27-13-11-25(12-14-27)22-40(23-31-36-29-9-4-5-10-30(29)41(31)24-45-19-20-46(2)3)34-38-33(39-15-17-44-18-16-39)37-32-28(21-35-42(32)34)26-7-6-8-26/h4-5,9-14,21,26,46H,6-8,15-20,22-24H2,1-3H3. The van der Waals surface area contributed by atoms with E-state index < -0.39 is 8.80 Å². The molecular formula is C34H44N8O3Si. The molecule has 5 aromatic rings. The molecule has 1 saturated carbocycles. The highest BCUT2D eigenvalue weighted by Gasteiger charge is 2.28. The summed E-state index contributed by atoms with van der Waals surface area (Å²) in [6, 6.07) is 17.7. The number of fused-ring (bicyclic) bond motifs is 2. The first kappa shape index (κ1) is 30.6. The number of morpholine rings is 1. The maximum absolute atomic E-state index is 6.25. The number of ether oxygens (including phenoxy) is 3. The molecule has 0 unspecified atom stereocenters. The molecule has 3 aromatic heterocycles. The van der Waals surface area contributed by atoms with Gasteiger partial charge in [0.15, 0.2) is 5.65 Å². The minimum absolute atomic E-state index is 0.457. The van der Waals surface area contributed by atoms with Crippen molar-refractivity contribution in [3.63, 3.8) is 0 Å². The summed E-state index contributed by atoms with van der Waals surface area (Å²) in [5.74, 6) is 3.71. The highest BCUT2D eigenvalue weighted by Crippen LogP contribution is 2.39. The van der Waals surface area contributed by atoms with Gasteiger partial charge in [0.1, 0.15) is 18.3 Å². The fourth-order valence-electron chi connectivity index (χ4n) is 6.17. The van der Waals surface area contributed by atoms with Gasteiger partial charge in [-0.05, 0) is 54.6 Å². The molecule has 0 radical (unpaired) electrons. The van der Waals surface area contributed by atoms with Crippen LogP contribution in [0.15, 0.2) is 54.7 Å². The Morgan fingerprint density at radius 3 is 2.52 bits per heavy atom. The highest BCUT2D eigenvalue weighted by atomic mass is 28.3. The van der Waals surface area contributed by atoms with E-state index in [-0.39, 0.29) is 0 Å². The maximum Gasteiger partial charge on any atom is 0.232 e. The van der Waals surface area contributed by atoms with Gasteiger partial charge in [-0.3, -0.25) is 0 Å². The van der Waals surface area contributed by atoms with Crippen LogP contribution in [0, 0.1) is 0 Å². The number of methoxy groups -OCH3 is 1. The molecule has 0 atom stereocenters. The Hall–Kier alpha value is -4.00. The van der Waals surface area contributed by atoms with Gasteiger partial charge in [-0.1, -0.05) is 43.8 Å². The molecule has 0 amide bonds. The van der Waals surface area contributed by atoms with Crippen LogP contribution in [0.25, 0.3) is 16.7 Å². The van der Waals surface area contributed by atoms with Gasteiger partial charge >= 0.3 is 0 Å². The van der Waals surface area contributed by atoms with Crippen LogP contribution < -0.4 is 14.5 Å². The van der Waals surface area contributed by atoms with Crippen molar-refractivity contribution in [2.45, 2.75) is 64.1 Å². The normalized spacial score (nSPS) is 15.6. The van der Waals surface area contributed by atoms with Crippen molar-refractivity contribution in [1.29, 1.82) is 0 Å². The van der Waals surface area contributed by atoms with E-state index in [2.05, 4.69) is 57.8 Å². The van der Waals surface area contributed by atoms with E-state index in [0.29, 0.717) is 39.0 Å². The average Bonchev–Trinajstić information content (AvgIpc) is 3.63. The Morgan fingerprint density at radius 1 is 0.978 bits per heavy atom. The van der Waals surface area contributed by atoms with Crippen LogP contribution in [0.3, 0.4) is 0 Å². The Labute approximate surface area is 271 Å². The van der Waals surface area contributed by atoms with Gasteiger partial charge in [0.2, 0.25) is 11.9 Å². The molecule has 1 aliphatic heterocycles. The van der Waals surface area contributed by atoms with Crippen molar-refractivity contribution in [1.82, 2.24) is 29.1 Å². The Kier molecular flexibility index (Phi) is 9.18. The summed E-state index contributed by atoms with van der Waals surface area (Å²) in [7, 11) is 0.992. The first-order valence-corrected chi connectivity index (χ1v) is 19.7. The first-order chi connectivity index (χ1) is 22.6. The Balaban J connectivity index is 1.32. The van der Waals surface area contributed by atoms with E-state index in [1.165, 1.54) is 24.8 Å². The Bertz CT molecular complexity index is 1760. The van der Waals surface area contributed by atoms with Crippen LogP contribution in [-0.4, -0.2) is 77.9 Å². The van der Waals surface area contributed by atoms with Crippen LogP contribution in [0.4, 0.5) is 11.9 Å². The largest absolute Gasteiger partial charge is 0.497 e. The van der Waals surface area contributed by atoms with Crippen molar-refractivity contribution in [2.24, 2.45) is 0 Å². The quantitative estimate of drug-likeness (QED) is 0.126. The van der Waals surface area contributed by atoms with Crippen molar-refractivity contribution < 1.29 is 14.2 Å². The summed E-state index contributed by atoms with van der Waals surface area (Å²) < 4.78 is 21.5. The van der Waals surface area contributed by atoms with Gasteiger partial charge in [0.25, 0.3) is 0 Å². The third kappa shape index (κ3) is 6.47. The van der Waals surface area contributed by atoms with Crippen LogP contribution in [0.2, 0.25) is 19.1 Å². The number of hydrogen-bond donors (Lipinski definition) is 0. The molecule has 1 saturated heterocycles. The van der Waals surface area contributed by atoms with Crippen molar-refractivity contribution >= 4 is 37.4 Å². The highest BCUT2D eigenvalue weighted by molar-refractivity contribution is 6.55. The van der Waals surface area contributed by atoms with E-state index in [1.54, 1.807) is 7.11 Å². The topological polar surface area (TPSA) is 95.1 Å². The minimum atomic E-state index is -0.702. The fourth-order valence-corrected chi connectivity index (χ4v) is 6.81. The second kappa shape index (κ2) is 13.8. The zero-order chi connectivity index (χ0) is 31.5. The van der Waals surface area contributed by atoms with E-state index in [1.807, 2.05) is 28.9 Å². The minimum Gasteiger partial charge on any atom is -0.497 e. The van der Waals surface area contributed by atoms with Crippen molar-refractivity contribution in [3.8, 4) is 5.75 Å².